The number of hydrogen-bond donors (Lipinski definition) is 0. The van der Waals surface area contributed by atoms with Crippen LogP contribution in [-0.4, -0.2) is 12.3 Å². The Labute approximate surface area is 59.7 Å². The van der Waals surface area contributed by atoms with Gasteiger partial charge in [0, 0.05) is 6.42 Å². The van der Waals surface area contributed by atoms with Crippen molar-refractivity contribution in [1.82, 2.24) is 0 Å². The molecular formula is C7H11FO2. The minimum Gasteiger partial charge on any atom is -0.431 e. The molecule has 0 radical (unpaired) electrons. The van der Waals surface area contributed by atoms with Gasteiger partial charge >= 0.3 is 5.97 Å². The Morgan fingerprint density at radius 1 is 1.90 bits per heavy atom. The summed E-state index contributed by atoms with van der Waals surface area (Å²) in [6.07, 6.45) is 0.182. The lowest BCUT2D eigenvalue weighted by Crippen LogP contribution is -2.11. The SMILES string of the molecule is C=CCC(=O)OC(F)CC. The molecule has 0 spiro atoms. The molecule has 0 aliphatic carbocycles. The van der Waals surface area contributed by atoms with Crippen molar-refractivity contribution in [1.29, 1.82) is 0 Å². The highest BCUT2D eigenvalue weighted by molar-refractivity contribution is 5.71. The first-order valence-corrected chi connectivity index (χ1v) is 3.15. The van der Waals surface area contributed by atoms with Gasteiger partial charge in [0.25, 0.3) is 0 Å². The van der Waals surface area contributed by atoms with Crippen LogP contribution in [0.4, 0.5) is 4.39 Å². The highest BCUT2D eigenvalue weighted by Gasteiger charge is 2.07. The summed E-state index contributed by atoms with van der Waals surface area (Å²) < 4.78 is 16.5. The van der Waals surface area contributed by atoms with Gasteiger partial charge in [0.2, 0.25) is 6.36 Å². The molecule has 0 aromatic rings. The number of rotatable bonds is 4. The molecule has 58 valence electrons. The summed E-state index contributed by atoms with van der Waals surface area (Å²) in [5, 5.41) is 0. The fraction of sp³-hybridized carbons (Fsp3) is 0.571. The monoisotopic (exact) mass is 146 g/mol. The van der Waals surface area contributed by atoms with Gasteiger partial charge < -0.3 is 4.74 Å². The summed E-state index contributed by atoms with van der Waals surface area (Å²) >= 11 is 0. The third-order valence-corrected chi connectivity index (χ3v) is 0.891. The molecule has 1 atom stereocenters. The summed E-state index contributed by atoms with van der Waals surface area (Å²) in [5.74, 6) is -0.565. The number of alkyl halides is 1. The van der Waals surface area contributed by atoms with Gasteiger partial charge in [-0.3, -0.25) is 4.79 Å². The number of carbonyl (C=O) groups is 1. The molecule has 2 nitrogen and oxygen atoms in total. The average molecular weight is 146 g/mol. The molecule has 0 saturated heterocycles. The molecule has 0 amide bonds. The topological polar surface area (TPSA) is 26.3 Å². The van der Waals surface area contributed by atoms with E-state index < -0.39 is 12.3 Å². The number of ether oxygens (including phenoxy) is 1. The fourth-order valence-electron chi connectivity index (χ4n) is 0.392. The molecule has 0 saturated carbocycles. The molecule has 1 unspecified atom stereocenters. The number of carbonyl (C=O) groups excluding carboxylic acids is 1. The van der Waals surface area contributed by atoms with Crippen LogP contribution in [0.5, 0.6) is 0 Å². The lowest BCUT2D eigenvalue weighted by atomic mass is 10.4. The Kier molecular flexibility index (Phi) is 4.54. The van der Waals surface area contributed by atoms with E-state index in [9.17, 15) is 9.18 Å². The van der Waals surface area contributed by atoms with Crippen LogP contribution < -0.4 is 0 Å². The van der Waals surface area contributed by atoms with Crippen molar-refractivity contribution in [3.8, 4) is 0 Å². The first-order chi connectivity index (χ1) is 4.70. The summed E-state index contributed by atoms with van der Waals surface area (Å²) in [6, 6.07) is 0. The lowest BCUT2D eigenvalue weighted by molar-refractivity contribution is -0.156. The quantitative estimate of drug-likeness (QED) is 0.446. The van der Waals surface area contributed by atoms with E-state index in [4.69, 9.17) is 0 Å². The predicted molar refractivity (Wildman–Crippen MR) is 36.1 cm³/mol. The smallest absolute Gasteiger partial charge is 0.312 e. The minimum atomic E-state index is -1.47. The van der Waals surface area contributed by atoms with E-state index in [1.165, 1.54) is 6.08 Å². The molecule has 0 N–H and O–H groups in total. The number of hydrogen-bond acceptors (Lipinski definition) is 2. The molecule has 0 aromatic heterocycles. The van der Waals surface area contributed by atoms with E-state index >= 15 is 0 Å². The Morgan fingerprint density at radius 2 is 2.50 bits per heavy atom. The highest BCUT2D eigenvalue weighted by Crippen LogP contribution is 2.00. The minimum absolute atomic E-state index is 0.0699. The molecule has 0 rings (SSSR count). The Bertz CT molecular complexity index is 123. The molecule has 0 aliphatic rings. The van der Waals surface area contributed by atoms with E-state index in [1.807, 2.05) is 0 Å². The molecule has 3 heteroatoms. The zero-order valence-electron chi connectivity index (χ0n) is 5.97. The van der Waals surface area contributed by atoms with Crippen LogP contribution in [0.25, 0.3) is 0 Å². The van der Waals surface area contributed by atoms with Gasteiger partial charge in [0.1, 0.15) is 0 Å². The van der Waals surface area contributed by atoms with Crippen molar-refractivity contribution in [2.75, 3.05) is 0 Å². The maximum Gasteiger partial charge on any atom is 0.312 e. The highest BCUT2D eigenvalue weighted by atomic mass is 19.1. The maximum atomic E-state index is 12.2. The van der Waals surface area contributed by atoms with Gasteiger partial charge in [-0.2, -0.15) is 0 Å². The molecule has 0 heterocycles. The van der Waals surface area contributed by atoms with E-state index in [2.05, 4.69) is 11.3 Å². The third kappa shape index (κ3) is 4.06. The van der Waals surface area contributed by atoms with Crippen LogP contribution in [0.1, 0.15) is 19.8 Å². The van der Waals surface area contributed by atoms with E-state index in [1.54, 1.807) is 6.92 Å². The largest absolute Gasteiger partial charge is 0.431 e. The van der Waals surface area contributed by atoms with Crippen molar-refractivity contribution >= 4 is 5.97 Å². The van der Waals surface area contributed by atoms with Gasteiger partial charge in [-0.25, -0.2) is 4.39 Å². The Morgan fingerprint density at radius 3 is 2.90 bits per heavy atom. The van der Waals surface area contributed by atoms with Crippen LogP contribution in [0.15, 0.2) is 12.7 Å². The number of esters is 1. The summed E-state index contributed by atoms with van der Waals surface area (Å²) in [5.41, 5.74) is 0. The zero-order chi connectivity index (χ0) is 7.98. The maximum absolute atomic E-state index is 12.2. The molecular weight excluding hydrogens is 135 g/mol. The second-order valence-electron chi connectivity index (χ2n) is 1.80. The number of halogens is 1. The standard InChI is InChI=1S/C7H11FO2/c1-3-5-7(9)10-6(8)4-2/h3,6H,1,4-5H2,2H3. The van der Waals surface area contributed by atoms with Gasteiger partial charge in [0.15, 0.2) is 0 Å². The molecule has 0 aliphatic heterocycles. The second-order valence-corrected chi connectivity index (χ2v) is 1.80. The van der Waals surface area contributed by atoms with Crippen LogP contribution in [0.2, 0.25) is 0 Å². The van der Waals surface area contributed by atoms with E-state index in [0.717, 1.165) is 0 Å². The van der Waals surface area contributed by atoms with Crippen molar-refractivity contribution in [3.63, 3.8) is 0 Å². The van der Waals surface area contributed by atoms with Crippen molar-refractivity contribution in [3.05, 3.63) is 12.7 Å². The van der Waals surface area contributed by atoms with Crippen molar-refractivity contribution < 1.29 is 13.9 Å². The lowest BCUT2D eigenvalue weighted by Gasteiger charge is -2.04. The van der Waals surface area contributed by atoms with Crippen LogP contribution >= 0.6 is 0 Å². The summed E-state index contributed by atoms with van der Waals surface area (Å²) in [6.45, 7) is 4.91. The fourth-order valence-corrected chi connectivity index (χ4v) is 0.392. The zero-order valence-corrected chi connectivity index (χ0v) is 5.97. The van der Waals surface area contributed by atoms with Gasteiger partial charge in [-0.15, -0.1) is 6.58 Å². The van der Waals surface area contributed by atoms with Crippen molar-refractivity contribution in [2.24, 2.45) is 0 Å². The van der Waals surface area contributed by atoms with Crippen LogP contribution in [0.3, 0.4) is 0 Å². The van der Waals surface area contributed by atoms with E-state index in [-0.39, 0.29) is 12.8 Å². The summed E-state index contributed by atoms with van der Waals surface area (Å²) in [4.78, 5) is 10.5. The third-order valence-electron chi connectivity index (χ3n) is 0.891. The Balaban J connectivity index is 3.46. The first kappa shape index (κ1) is 9.14. The first-order valence-electron chi connectivity index (χ1n) is 3.15. The van der Waals surface area contributed by atoms with E-state index in [0.29, 0.717) is 0 Å². The van der Waals surface area contributed by atoms with Crippen LogP contribution in [0, 0.1) is 0 Å². The second kappa shape index (κ2) is 4.97. The van der Waals surface area contributed by atoms with Gasteiger partial charge in [-0.05, 0) is 0 Å². The molecule has 0 bridgehead atoms. The summed E-state index contributed by atoms with van der Waals surface area (Å²) in [7, 11) is 0. The Hall–Kier alpha value is -0.860. The molecule has 0 fully saturated rings. The normalized spacial score (nSPS) is 12.2. The average Bonchev–Trinajstić information content (AvgIpc) is 1.88. The predicted octanol–water partition coefficient (Wildman–Crippen LogP) is 1.81. The molecule has 0 aromatic carbocycles. The molecule has 10 heavy (non-hydrogen) atoms. The van der Waals surface area contributed by atoms with Gasteiger partial charge in [0.05, 0.1) is 6.42 Å². The van der Waals surface area contributed by atoms with Crippen LogP contribution in [-0.2, 0) is 9.53 Å². The van der Waals surface area contributed by atoms with Gasteiger partial charge in [-0.1, -0.05) is 13.0 Å². The van der Waals surface area contributed by atoms with Crippen molar-refractivity contribution in [2.45, 2.75) is 26.1 Å².